The molecule has 1 saturated heterocycles. The second kappa shape index (κ2) is 7.28. The SMILES string of the molecule is CN(C)CCCNc1ccnc(N2CCCCC2)n1. The predicted octanol–water partition coefficient (Wildman–Crippen LogP) is 1.83. The van der Waals surface area contributed by atoms with Crippen LogP contribution in [-0.2, 0) is 0 Å². The average Bonchev–Trinajstić information content (AvgIpc) is 2.45. The summed E-state index contributed by atoms with van der Waals surface area (Å²) in [5.74, 6) is 1.81. The van der Waals surface area contributed by atoms with Crippen LogP contribution in [0.2, 0.25) is 0 Å². The van der Waals surface area contributed by atoms with Crippen LogP contribution in [0, 0.1) is 0 Å². The zero-order chi connectivity index (χ0) is 13.5. The molecule has 0 unspecified atom stereocenters. The van der Waals surface area contributed by atoms with Crippen molar-refractivity contribution in [3.8, 4) is 0 Å². The van der Waals surface area contributed by atoms with Crippen LogP contribution in [0.25, 0.3) is 0 Å². The van der Waals surface area contributed by atoms with Gasteiger partial charge in [0, 0.05) is 25.8 Å². The molecule has 0 bridgehead atoms. The van der Waals surface area contributed by atoms with Crippen LogP contribution < -0.4 is 10.2 Å². The van der Waals surface area contributed by atoms with E-state index in [4.69, 9.17) is 0 Å². The minimum atomic E-state index is 0.873. The first kappa shape index (κ1) is 14.1. The van der Waals surface area contributed by atoms with E-state index in [0.29, 0.717) is 0 Å². The van der Waals surface area contributed by atoms with Crippen molar-refractivity contribution >= 4 is 11.8 Å². The zero-order valence-corrected chi connectivity index (χ0v) is 12.1. The topological polar surface area (TPSA) is 44.3 Å². The lowest BCUT2D eigenvalue weighted by Crippen LogP contribution is -2.31. The molecule has 0 radical (unpaired) electrons. The molecule has 1 aliphatic rings. The van der Waals surface area contributed by atoms with Crippen LogP contribution >= 0.6 is 0 Å². The van der Waals surface area contributed by atoms with Gasteiger partial charge in [0.2, 0.25) is 5.95 Å². The number of anilines is 2. The van der Waals surface area contributed by atoms with E-state index in [0.717, 1.165) is 44.4 Å². The van der Waals surface area contributed by atoms with Crippen molar-refractivity contribution in [3.05, 3.63) is 12.3 Å². The maximum Gasteiger partial charge on any atom is 0.227 e. The Kier molecular flexibility index (Phi) is 5.39. The van der Waals surface area contributed by atoms with Crippen LogP contribution in [0.1, 0.15) is 25.7 Å². The highest BCUT2D eigenvalue weighted by Gasteiger charge is 2.13. The summed E-state index contributed by atoms with van der Waals surface area (Å²) < 4.78 is 0. The molecule has 0 aliphatic carbocycles. The number of hydrogen-bond acceptors (Lipinski definition) is 5. The quantitative estimate of drug-likeness (QED) is 0.793. The summed E-state index contributed by atoms with van der Waals surface area (Å²) in [6.07, 6.45) is 6.81. The third-order valence-electron chi connectivity index (χ3n) is 3.37. The molecule has 1 aromatic heterocycles. The fourth-order valence-corrected chi connectivity index (χ4v) is 2.30. The lowest BCUT2D eigenvalue weighted by Gasteiger charge is -2.26. The van der Waals surface area contributed by atoms with Crippen molar-refractivity contribution in [1.82, 2.24) is 14.9 Å². The predicted molar refractivity (Wildman–Crippen MR) is 79.8 cm³/mol. The second-order valence-corrected chi connectivity index (χ2v) is 5.37. The number of nitrogens with one attached hydrogen (secondary N) is 1. The molecule has 1 fully saturated rings. The standard InChI is InChI=1S/C14H25N5/c1-18(2)10-6-8-15-13-7-9-16-14(17-13)19-11-4-3-5-12-19/h7,9H,3-6,8,10-12H2,1-2H3,(H,15,16,17). The Hall–Kier alpha value is -1.36. The molecule has 19 heavy (non-hydrogen) atoms. The van der Waals surface area contributed by atoms with E-state index >= 15 is 0 Å². The monoisotopic (exact) mass is 263 g/mol. The maximum atomic E-state index is 4.60. The summed E-state index contributed by atoms with van der Waals surface area (Å²) in [6.45, 7) is 4.22. The lowest BCUT2D eigenvalue weighted by molar-refractivity contribution is 0.405. The summed E-state index contributed by atoms with van der Waals surface area (Å²) >= 11 is 0. The normalized spacial score (nSPS) is 15.8. The minimum absolute atomic E-state index is 0.873. The van der Waals surface area contributed by atoms with Crippen molar-refractivity contribution < 1.29 is 0 Å². The molecule has 106 valence electrons. The Morgan fingerprint density at radius 3 is 2.79 bits per heavy atom. The third kappa shape index (κ3) is 4.67. The number of hydrogen-bond donors (Lipinski definition) is 1. The number of piperidine rings is 1. The fraction of sp³-hybridized carbons (Fsp3) is 0.714. The zero-order valence-electron chi connectivity index (χ0n) is 12.1. The Labute approximate surface area is 116 Å². The molecule has 0 amide bonds. The summed E-state index contributed by atoms with van der Waals surface area (Å²) in [7, 11) is 4.19. The van der Waals surface area contributed by atoms with E-state index in [1.807, 2.05) is 12.3 Å². The van der Waals surface area contributed by atoms with Gasteiger partial charge in [0.25, 0.3) is 0 Å². The summed E-state index contributed by atoms with van der Waals surface area (Å²) in [4.78, 5) is 13.5. The average molecular weight is 263 g/mol. The van der Waals surface area contributed by atoms with Crippen LogP contribution in [0.15, 0.2) is 12.3 Å². The van der Waals surface area contributed by atoms with E-state index in [2.05, 4.69) is 39.2 Å². The Balaban J connectivity index is 1.84. The molecule has 0 atom stereocenters. The van der Waals surface area contributed by atoms with E-state index < -0.39 is 0 Å². The van der Waals surface area contributed by atoms with E-state index in [-0.39, 0.29) is 0 Å². The molecule has 2 heterocycles. The highest BCUT2D eigenvalue weighted by molar-refractivity contribution is 5.41. The van der Waals surface area contributed by atoms with Crippen molar-refractivity contribution in [2.75, 3.05) is 50.5 Å². The first-order valence-corrected chi connectivity index (χ1v) is 7.22. The maximum absolute atomic E-state index is 4.60. The minimum Gasteiger partial charge on any atom is -0.370 e. The molecule has 1 N–H and O–H groups in total. The molecule has 0 aromatic carbocycles. The lowest BCUT2D eigenvalue weighted by atomic mass is 10.1. The fourth-order valence-electron chi connectivity index (χ4n) is 2.30. The Morgan fingerprint density at radius 1 is 1.26 bits per heavy atom. The van der Waals surface area contributed by atoms with Crippen molar-refractivity contribution in [3.63, 3.8) is 0 Å². The smallest absolute Gasteiger partial charge is 0.227 e. The second-order valence-electron chi connectivity index (χ2n) is 5.37. The van der Waals surface area contributed by atoms with E-state index in [9.17, 15) is 0 Å². The molecule has 5 nitrogen and oxygen atoms in total. The Bertz CT molecular complexity index is 374. The summed E-state index contributed by atoms with van der Waals surface area (Å²) in [5, 5.41) is 3.38. The van der Waals surface area contributed by atoms with Gasteiger partial charge in [0.15, 0.2) is 0 Å². The number of nitrogens with zero attached hydrogens (tertiary/aromatic N) is 4. The summed E-state index contributed by atoms with van der Waals surface area (Å²) in [5.41, 5.74) is 0. The molecule has 2 rings (SSSR count). The van der Waals surface area contributed by atoms with Gasteiger partial charge < -0.3 is 15.1 Å². The number of aromatic nitrogens is 2. The highest BCUT2D eigenvalue weighted by atomic mass is 15.3. The van der Waals surface area contributed by atoms with Crippen LogP contribution in [0.5, 0.6) is 0 Å². The van der Waals surface area contributed by atoms with Crippen LogP contribution in [0.3, 0.4) is 0 Å². The van der Waals surface area contributed by atoms with Crippen molar-refractivity contribution in [2.45, 2.75) is 25.7 Å². The highest BCUT2D eigenvalue weighted by Crippen LogP contribution is 2.16. The molecule has 1 aliphatic heterocycles. The molecule has 1 aromatic rings. The van der Waals surface area contributed by atoms with Gasteiger partial charge in [-0.05, 0) is 52.4 Å². The Morgan fingerprint density at radius 2 is 2.05 bits per heavy atom. The summed E-state index contributed by atoms with van der Waals surface area (Å²) in [6, 6.07) is 1.95. The van der Waals surface area contributed by atoms with Gasteiger partial charge in [-0.1, -0.05) is 0 Å². The van der Waals surface area contributed by atoms with Crippen molar-refractivity contribution in [2.24, 2.45) is 0 Å². The number of rotatable bonds is 6. The molecular weight excluding hydrogens is 238 g/mol. The van der Waals surface area contributed by atoms with E-state index in [1.54, 1.807) is 0 Å². The van der Waals surface area contributed by atoms with Crippen LogP contribution in [-0.4, -0.2) is 55.1 Å². The van der Waals surface area contributed by atoms with E-state index in [1.165, 1.54) is 19.3 Å². The van der Waals surface area contributed by atoms with Gasteiger partial charge >= 0.3 is 0 Å². The first-order valence-electron chi connectivity index (χ1n) is 7.22. The van der Waals surface area contributed by atoms with Crippen LogP contribution in [0.4, 0.5) is 11.8 Å². The largest absolute Gasteiger partial charge is 0.370 e. The molecule has 0 saturated carbocycles. The van der Waals surface area contributed by atoms with Gasteiger partial charge in [0.1, 0.15) is 5.82 Å². The van der Waals surface area contributed by atoms with Crippen molar-refractivity contribution in [1.29, 1.82) is 0 Å². The van der Waals surface area contributed by atoms with Gasteiger partial charge in [-0.3, -0.25) is 0 Å². The third-order valence-corrected chi connectivity index (χ3v) is 3.37. The van der Waals surface area contributed by atoms with Gasteiger partial charge in [0.05, 0.1) is 0 Å². The van der Waals surface area contributed by atoms with Gasteiger partial charge in [-0.15, -0.1) is 0 Å². The molecule has 5 heteroatoms. The van der Waals surface area contributed by atoms with Gasteiger partial charge in [-0.2, -0.15) is 4.98 Å². The molecule has 0 spiro atoms. The van der Waals surface area contributed by atoms with Gasteiger partial charge in [-0.25, -0.2) is 4.98 Å². The first-order chi connectivity index (χ1) is 9.25. The molecular formula is C14H25N5.